The lowest BCUT2D eigenvalue weighted by Crippen LogP contribution is -1.94. The van der Waals surface area contributed by atoms with Crippen LogP contribution in [-0.2, 0) is 9.53 Å². The molecule has 0 radical (unpaired) electrons. The number of hydrogen-bond donors (Lipinski definition) is 1. The molecule has 0 bridgehead atoms. The number of phenols is 1. The van der Waals surface area contributed by atoms with Gasteiger partial charge in [-0.1, -0.05) is 0 Å². The highest BCUT2D eigenvalue weighted by molar-refractivity contribution is 9.11. The van der Waals surface area contributed by atoms with E-state index in [0.717, 1.165) is 0 Å². The Hall–Kier alpha value is -1.01. The Bertz CT molecular complexity index is 469. The van der Waals surface area contributed by atoms with Gasteiger partial charge in [-0.25, -0.2) is 4.79 Å². The highest BCUT2D eigenvalue weighted by atomic mass is 79.9. The van der Waals surface area contributed by atoms with E-state index in [1.165, 1.54) is 26.4 Å². The van der Waals surface area contributed by atoms with Crippen LogP contribution in [0.1, 0.15) is 5.56 Å². The molecule has 4 nitrogen and oxygen atoms in total. The van der Waals surface area contributed by atoms with E-state index >= 15 is 0 Å². The van der Waals surface area contributed by atoms with Crippen molar-refractivity contribution < 1.29 is 19.4 Å². The molecule has 0 spiro atoms. The SMILES string of the molecule is COC(=O)/C=C/c1cc(Br)c(OC)c(Br)c1O. The number of carbonyl (C=O) groups is 1. The number of rotatable bonds is 3. The topological polar surface area (TPSA) is 55.8 Å². The van der Waals surface area contributed by atoms with Crippen molar-refractivity contribution >= 4 is 43.9 Å². The van der Waals surface area contributed by atoms with E-state index in [9.17, 15) is 9.90 Å². The molecule has 1 N–H and O–H groups in total. The molecule has 0 unspecified atom stereocenters. The van der Waals surface area contributed by atoms with E-state index in [1.54, 1.807) is 6.07 Å². The summed E-state index contributed by atoms with van der Waals surface area (Å²) in [4.78, 5) is 11.0. The van der Waals surface area contributed by atoms with Gasteiger partial charge in [-0.2, -0.15) is 0 Å². The molecule has 0 aliphatic heterocycles. The first kappa shape index (κ1) is 14.1. The summed E-state index contributed by atoms with van der Waals surface area (Å²) in [5, 5.41) is 9.87. The number of methoxy groups -OCH3 is 2. The monoisotopic (exact) mass is 364 g/mol. The van der Waals surface area contributed by atoms with Crippen molar-refractivity contribution in [2.75, 3.05) is 14.2 Å². The molecule has 17 heavy (non-hydrogen) atoms. The fraction of sp³-hybridized carbons (Fsp3) is 0.182. The summed E-state index contributed by atoms with van der Waals surface area (Å²) in [7, 11) is 2.78. The smallest absolute Gasteiger partial charge is 0.330 e. The number of carbonyl (C=O) groups excluding carboxylic acids is 1. The zero-order valence-corrected chi connectivity index (χ0v) is 12.3. The molecular formula is C11H10Br2O4. The van der Waals surface area contributed by atoms with Crippen LogP contribution in [-0.4, -0.2) is 25.3 Å². The molecule has 1 rings (SSSR count). The van der Waals surface area contributed by atoms with Crippen molar-refractivity contribution in [3.8, 4) is 11.5 Å². The van der Waals surface area contributed by atoms with Crippen molar-refractivity contribution in [1.29, 1.82) is 0 Å². The Morgan fingerprint density at radius 1 is 1.41 bits per heavy atom. The van der Waals surface area contributed by atoms with Crippen LogP contribution >= 0.6 is 31.9 Å². The van der Waals surface area contributed by atoms with Crippen molar-refractivity contribution in [1.82, 2.24) is 0 Å². The minimum absolute atomic E-state index is 0.00907. The summed E-state index contributed by atoms with van der Waals surface area (Å²) in [6, 6.07) is 1.64. The third-order valence-electron chi connectivity index (χ3n) is 1.98. The second-order valence-electron chi connectivity index (χ2n) is 3.00. The fourth-order valence-corrected chi connectivity index (χ4v) is 2.63. The van der Waals surface area contributed by atoms with E-state index in [4.69, 9.17) is 4.74 Å². The van der Waals surface area contributed by atoms with Gasteiger partial charge in [0.2, 0.25) is 0 Å². The summed E-state index contributed by atoms with van der Waals surface area (Å²) >= 11 is 6.51. The van der Waals surface area contributed by atoms with Crippen LogP contribution in [0.25, 0.3) is 6.08 Å². The van der Waals surface area contributed by atoms with Crippen LogP contribution in [0.3, 0.4) is 0 Å². The summed E-state index contributed by atoms with van der Waals surface area (Å²) in [5.74, 6) is -0.0182. The normalized spacial score (nSPS) is 10.6. The first-order valence-corrected chi connectivity index (χ1v) is 6.10. The molecule has 0 aliphatic carbocycles. The van der Waals surface area contributed by atoms with Gasteiger partial charge in [-0.15, -0.1) is 0 Å². The van der Waals surface area contributed by atoms with Crippen LogP contribution in [0, 0.1) is 0 Å². The second-order valence-corrected chi connectivity index (χ2v) is 4.65. The predicted molar refractivity (Wildman–Crippen MR) is 71.1 cm³/mol. The number of phenolic OH excluding ortho intramolecular Hbond substituents is 1. The minimum Gasteiger partial charge on any atom is -0.506 e. The number of ether oxygens (including phenoxy) is 2. The lowest BCUT2D eigenvalue weighted by atomic mass is 10.2. The molecule has 0 aliphatic rings. The lowest BCUT2D eigenvalue weighted by Gasteiger charge is -2.10. The number of benzene rings is 1. The van der Waals surface area contributed by atoms with Gasteiger partial charge < -0.3 is 14.6 Å². The summed E-state index contributed by atoms with van der Waals surface area (Å²) in [6.07, 6.45) is 2.68. The Balaban J connectivity index is 3.19. The molecule has 1 aromatic carbocycles. The maximum absolute atomic E-state index is 11.0. The standard InChI is InChI=1S/C11H10Br2O4/c1-16-8(14)4-3-6-5-7(12)11(17-2)9(13)10(6)15/h3-5,15H,1-2H3/b4-3+. The van der Waals surface area contributed by atoms with Gasteiger partial charge in [0.25, 0.3) is 0 Å². The minimum atomic E-state index is -0.493. The molecule has 0 atom stereocenters. The molecule has 0 saturated heterocycles. The van der Waals surface area contributed by atoms with Crippen LogP contribution < -0.4 is 4.74 Å². The lowest BCUT2D eigenvalue weighted by molar-refractivity contribution is -0.134. The maximum Gasteiger partial charge on any atom is 0.330 e. The maximum atomic E-state index is 11.0. The number of esters is 1. The van der Waals surface area contributed by atoms with Crippen LogP contribution in [0.4, 0.5) is 0 Å². The Kier molecular flexibility index (Phi) is 5.02. The van der Waals surface area contributed by atoms with Crippen LogP contribution in [0.5, 0.6) is 11.5 Å². The van der Waals surface area contributed by atoms with Gasteiger partial charge in [0, 0.05) is 11.6 Å². The van der Waals surface area contributed by atoms with E-state index in [0.29, 0.717) is 20.3 Å². The zero-order chi connectivity index (χ0) is 13.0. The molecule has 0 heterocycles. The van der Waals surface area contributed by atoms with E-state index in [-0.39, 0.29) is 5.75 Å². The molecule has 0 amide bonds. The van der Waals surface area contributed by atoms with Crippen molar-refractivity contribution in [2.45, 2.75) is 0 Å². The highest BCUT2D eigenvalue weighted by Crippen LogP contribution is 2.42. The quantitative estimate of drug-likeness (QED) is 0.660. The third-order valence-corrected chi connectivity index (χ3v) is 3.31. The van der Waals surface area contributed by atoms with Gasteiger partial charge >= 0.3 is 5.97 Å². The molecule has 0 fully saturated rings. The average molecular weight is 366 g/mol. The molecule has 1 aromatic rings. The summed E-state index contributed by atoms with van der Waals surface area (Å²) in [5.41, 5.74) is 0.468. The number of aromatic hydroxyl groups is 1. The predicted octanol–water partition coefficient (Wildman–Crippen LogP) is 3.11. The van der Waals surface area contributed by atoms with Crippen molar-refractivity contribution in [2.24, 2.45) is 0 Å². The second kappa shape index (κ2) is 6.07. The Labute approximate surface area is 115 Å². The molecule has 6 heteroatoms. The van der Waals surface area contributed by atoms with Gasteiger partial charge in [0.05, 0.1) is 18.7 Å². The first-order valence-electron chi connectivity index (χ1n) is 4.52. The van der Waals surface area contributed by atoms with Gasteiger partial charge in [0.1, 0.15) is 10.2 Å². The van der Waals surface area contributed by atoms with Crippen LogP contribution in [0.15, 0.2) is 21.1 Å². The third kappa shape index (κ3) is 3.23. The first-order chi connectivity index (χ1) is 8.01. The molecule has 0 saturated carbocycles. The largest absolute Gasteiger partial charge is 0.506 e. The molecule has 92 valence electrons. The van der Waals surface area contributed by atoms with E-state index in [1.807, 2.05) is 0 Å². The Morgan fingerprint density at radius 2 is 2.06 bits per heavy atom. The van der Waals surface area contributed by atoms with Gasteiger partial charge in [0.15, 0.2) is 5.75 Å². The molecule has 0 aromatic heterocycles. The summed E-state index contributed by atoms with van der Waals surface area (Å²) < 4.78 is 10.6. The number of halogens is 2. The van der Waals surface area contributed by atoms with Gasteiger partial charge in [-0.3, -0.25) is 0 Å². The van der Waals surface area contributed by atoms with Crippen LogP contribution in [0.2, 0.25) is 0 Å². The number of hydrogen-bond acceptors (Lipinski definition) is 4. The highest BCUT2D eigenvalue weighted by Gasteiger charge is 2.13. The Morgan fingerprint density at radius 3 is 2.59 bits per heavy atom. The fourth-order valence-electron chi connectivity index (χ4n) is 1.15. The van der Waals surface area contributed by atoms with Crippen molar-refractivity contribution in [3.05, 3.63) is 26.7 Å². The average Bonchev–Trinajstić information content (AvgIpc) is 2.32. The molecular weight excluding hydrogens is 356 g/mol. The van der Waals surface area contributed by atoms with E-state index in [2.05, 4.69) is 36.6 Å². The van der Waals surface area contributed by atoms with E-state index < -0.39 is 5.97 Å². The van der Waals surface area contributed by atoms with Crippen molar-refractivity contribution in [3.63, 3.8) is 0 Å². The van der Waals surface area contributed by atoms with Gasteiger partial charge in [-0.05, 0) is 44.0 Å². The zero-order valence-electron chi connectivity index (χ0n) is 9.16. The summed E-state index contributed by atoms with van der Waals surface area (Å²) in [6.45, 7) is 0.